The zero-order chi connectivity index (χ0) is 18.2. The third kappa shape index (κ3) is 12.7. The van der Waals surface area contributed by atoms with Crippen LogP contribution in [0.5, 0.6) is 0 Å². The maximum Gasteiger partial charge on any atom is 0.408 e. The molecule has 0 heterocycles. The number of alkyl carbamates (subject to hydrolysis) is 1. The molecule has 0 aromatic heterocycles. The summed E-state index contributed by atoms with van der Waals surface area (Å²) in [4.78, 5) is 23.8. The van der Waals surface area contributed by atoms with Gasteiger partial charge in [0.25, 0.3) is 0 Å². The number of amides is 2. The fraction of sp³-hybridized carbons (Fsp3) is 0.667. The van der Waals surface area contributed by atoms with Gasteiger partial charge in [0.1, 0.15) is 12.6 Å². The summed E-state index contributed by atoms with van der Waals surface area (Å²) in [6.45, 7) is 8.32. The van der Waals surface area contributed by atoms with E-state index >= 15 is 0 Å². The first-order valence-electron chi connectivity index (χ1n) is 8.70. The summed E-state index contributed by atoms with van der Waals surface area (Å²) in [5.41, 5.74) is 5.44. The lowest BCUT2D eigenvalue weighted by molar-refractivity contribution is -0.122. The monoisotopic (exact) mass is 339 g/mol. The molecular formula is C18H33N3O3. The van der Waals surface area contributed by atoms with Gasteiger partial charge in [-0.05, 0) is 44.3 Å². The summed E-state index contributed by atoms with van der Waals surface area (Å²) in [6.07, 6.45) is 10.3. The largest absolute Gasteiger partial charge is 0.445 e. The molecule has 0 aliphatic rings. The highest BCUT2D eigenvalue weighted by molar-refractivity contribution is 5.86. The molecular weight excluding hydrogens is 306 g/mol. The van der Waals surface area contributed by atoms with Crippen LogP contribution in [-0.4, -0.2) is 31.2 Å². The van der Waals surface area contributed by atoms with Crippen molar-refractivity contribution in [3.63, 3.8) is 0 Å². The van der Waals surface area contributed by atoms with E-state index in [2.05, 4.69) is 17.2 Å². The zero-order valence-electron chi connectivity index (χ0n) is 15.1. The van der Waals surface area contributed by atoms with Crippen LogP contribution in [0.15, 0.2) is 24.9 Å². The number of rotatable bonds is 13. The topological polar surface area (TPSA) is 93.4 Å². The second-order valence-corrected chi connectivity index (χ2v) is 6.12. The van der Waals surface area contributed by atoms with Crippen LogP contribution in [0.2, 0.25) is 0 Å². The van der Waals surface area contributed by atoms with E-state index in [0.29, 0.717) is 6.42 Å². The van der Waals surface area contributed by atoms with E-state index in [-0.39, 0.29) is 18.4 Å². The highest BCUT2D eigenvalue weighted by Crippen LogP contribution is 2.06. The standard InChI is InChI=1S/C18H33N3O3/c1-4-13-24-18(23)21-16(14-15(2)3)17(22)20-12-10-8-6-5-7-9-11-19/h4,10,12,15-16H,1,5-9,11,13-14,19H2,2-3H3,(H,20,22)(H,21,23)/b12-10+/t16-/m0/s1. The van der Waals surface area contributed by atoms with Crippen LogP contribution in [0, 0.1) is 5.92 Å². The number of hydrogen-bond acceptors (Lipinski definition) is 4. The van der Waals surface area contributed by atoms with Gasteiger partial charge in [0.05, 0.1) is 0 Å². The molecule has 6 heteroatoms. The molecule has 4 N–H and O–H groups in total. The Morgan fingerprint density at radius 2 is 1.92 bits per heavy atom. The molecule has 0 saturated heterocycles. The zero-order valence-corrected chi connectivity index (χ0v) is 15.1. The Bertz CT molecular complexity index is 395. The number of allylic oxidation sites excluding steroid dienone is 1. The minimum Gasteiger partial charge on any atom is -0.445 e. The maximum absolute atomic E-state index is 12.2. The van der Waals surface area contributed by atoms with Crippen LogP contribution in [0.25, 0.3) is 0 Å². The number of nitrogens with one attached hydrogen (secondary N) is 2. The number of carbonyl (C=O) groups is 2. The molecule has 2 amide bonds. The Labute approximate surface area is 145 Å². The molecule has 0 spiro atoms. The van der Waals surface area contributed by atoms with Crippen molar-refractivity contribution in [2.75, 3.05) is 13.2 Å². The molecule has 138 valence electrons. The number of ether oxygens (including phenoxy) is 1. The summed E-state index contributed by atoms with van der Waals surface area (Å²) in [5.74, 6) is 0.0330. The van der Waals surface area contributed by atoms with Crippen LogP contribution in [0.3, 0.4) is 0 Å². The Morgan fingerprint density at radius 3 is 2.54 bits per heavy atom. The highest BCUT2D eigenvalue weighted by atomic mass is 16.5. The average molecular weight is 339 g/mol. The second kappa shape index (κ2) is 14.8. The number of hydrogen-bond donors (Lipinski definition) is 3. The molecule has 0 radical (unpaired) electrons. The van der Waals surface area contributed by atoms with Gasteiger partial charge in [-0.3, -0.25) is 4.79 Å². The molecule has 0 aliphatic heterocycles. The van der Waals surface area contributed by atoms with E-state index in [0.717, 1.165) is 38.6 Å². The fourth-order valence-electron chi connectivity index (χ4n) is 2.11. The van der Waals surface area contributed by atoms with Crippen molar-refractivity contribution in [3.05, 3.63) is 24.9 Å². The van der Waals surface area contributed by atoms with Crippen LogP contribution in [-0.2, 0) is 9.53 Å². The molecule has 0 aliphatic carbocycles. The predicted octanol–water partition coefficient (Wildman–Crippen LogP) is 2.85. The lowest BCUT2D eigenvalue weighted by atomic mass is 10.0. The van der Waals surface area contributed by atoms with Crippen molar-refractivity contribution < 1.29 is 14.3 Å². The van der Waals surface area contributed by atoms with Gasteiger partial charge in [-0.1, -0.05) is 45.4 Å². The third-order valence-electron chi connectivity index (χ3n) is 3.32. The van der Waals surface area contributed by atoms with Crippen molar-refractivity contribution in [2.24, 2.45) is 11.7 Å². The van der Waals surface area contributed by atoms with E-state index in [4.69, 9.17) is 10.5 Å². The fourth-order valence-corrected chi connectivity index (χ4v) is 2.11. The predicted molar refractivity (Wildman–Crippen MR) is 97.3 cm³/mol. The van der Waals surface area contributed by atoms with Crippen LogP contribution in [0.4, 0.5) is 4.79 Å². The molecule has 0 bridgehead atoms. The first kappa shape index (κ1) is 22.2. The van der Waals surface area contributed by atoms with Gasteiger partial charge in [-0.25, -0.2) is 4.79 Å². The van der Waals surface area contributed by atoms with E-state index in [1.807, 2.05) is 19.9 Å². The van der Waals surface area contributed by atoms with Gasteiger partial charge in [0.15, 0.2) is 0 Å². The van der Waals surface area contributed by atoms with E-state index in [9.17, 15) is 9.59 Å². The third-order valence-corrected chi connectivity index (χ3v) is 3.32. The quantitative estimate of drug-likeness (QED) is 0.355. The molecule has 0 rings (SSSR count). The molecule has 0 saturated carbocycles. The Morgan fingerprint density at radius 1 is 1.21 bits per heavy atom. The Balaban J connectivity index is 4.19. The summed E-state index contributed by atoms with van der Waals surface area (Å²) in [6, 6.07) is -0.614. The van der Waals surface area contributed by atoms with E-state index in [1.54, 1.807) is 6.20 Å². The number of unbranched alkanes of at least 4 members (excludes halogenated alkanes) is 4. The summed E-state index contributed by atoms with van der Waals surface area (Å²) < 4.78 is 4.87. The number of nitrogens with two attached hydrogens (primary N) is 1. The van der Waals surface area contributed by atoms with Gasteiger partial charge in [-0.15, -0.1) is 0 Å². The van der Waals surface area contributed by atoms with Gasteiger partial charge in [-0.2, -0.15) is 0 Å². The normalized spacial score (nSPS) is 12.2. The summed E-state index contributed by atoms with van der Waals surface area (Å²) in [5, 5.41) is 5.31. The number of carbonyl (C=O) groups excluding carboxylic acids is 2. The SMILES string of the molecule is C=CCOC(=O)N[C@@H](CC(C)C)C(=O)N/C=C/CCCCCCN. The van der Waals surface area contributed by atoms with Crippen LogP contribution in [0.1, 0.15) is 52.4 Å². The lowest BCUT2D eigenvalue weighted by Crippen LogP contribution is -2.46. The average Bonchev–Trinajstić information content (AvgIpc) is 2.54. The van der Waals surface area contributed by atoms with Crippen molar-refractivity contribution in [1.82, 2.24) is 10.6 Å². The maximum atomic E-state index is 12.2. The highest BCUT2D eigenvalue weighted by Gasteiger charge is 2.21. The van der Waals surface area contributed by atoms with Crippen molar-refractivity contribution in [3.8, 4) is 0 Å². The first-order chi connectivity index (χ1) is 11.5. The Kier molecular flexibility index (Phi) is 13.6. The van der Waals surface area contributed by atoms with E-state index < -0.39 is 12.1 Å². The van der Waals surface area contributed by atoms with Gasteiger partial charge in [0.2, 0.25) is 5.91 Å². The molecule has 0 aromatic rings. The molecule has 24 heavy (non-hydrogen) atoms. The molecule has 6 nitrogen and oxygen atoms in total. The van der Waals surface area contributed by atoms with Gasteiger partial charge >= 0.3 is 6.09 Å². The van der Waals surface area contributed by atoms with Crippen LogP contribution >= 0.6 is 0 Å². The van der Waals surface area contributed by atoms with Gasteiger partial charge < -0.3 is 21.1 Å². The first-order valence-corrected chi connectivity index (χ1v) is 8.70. The molecule has 0 fully saturated rings. The lowest BCUT2D eigenvalue weighted by Gasteiger charge is -2.18. The summed E-state index contributed by atoms with van der Waals surface area (Å²) >= 11 is 0. The van der Waals surface area contributed by atoms with E-state index in [1.165, 1.54) is 6.08 Å². The Hall–Kier alpha value is -1.82. The van der Waals surface area contributed by atoms with Crippen molar-refractivity contribution >= 4 is 12.0 Å². The molecule has 0 unspecified atom stereocenters. The smallest absolute Gasteiger partial charge is 0.408 e. The minimum atomic E-state index is -0.614. The second-order valence-electron chi connectivity index (χ2n) is 6.12. The molecule has 0 aromatic carbocycles. The minimum absolute atomic E-state index is 0.117. The summed E-state index contributed by atoms with van der Waals surface area (Å²) in [7, 11) is 0. The molecule has 1 atom stereocenters. The van der Waals surface area contributed by atoms with Crippen molar-refractivity contribution in [2.45, 2.75) is 58.4 Å². The van der Waals surface area contributed by atoms with Crippen molar-refractivity contribution in [1.29, 1.82) is 0 Å². The van der Waals surface area contributed by atoms with Crippen LogP contribution < -0.4 is 16.4 Å². The van der Waals surface area contributed by atoms with Gasteiger partial charge in [0, 0.05) is 0 Å².